The Labute approximate surface area is 149 Å². The van der Waals surface area contributed by atoms with Crippen LogP contribution in [0.1, 0.15) is 51.6 Å². The van der Waals surface area contributed by atoms with Crippen LogP contribution in [0.5, 0.6) is 0 Å². The molecule has 1 aromatic carbocycles. The maximum Gasteiger partial charge on any atom is 0.410 e. The van der Waals surface area contributed by atoms with Crippen molar-refractivity contribution in [2.75, 3.05) is 18.8 Å². The molecule has 1 atom stereocenters. The predicted octanol–water partition coefficient (Wildman–Crippen LogP) is 3.89. The number of fused-ring (bicyclic) bond motifs is 1. The quantitative estimate of drug-likeness (QED) is 0.852. The van der Waals surface area contributed by atoms with Crippen molar-refractivity contribution < 1.29 is 9.53 Å². The first-order chi connectivity index (χ1) is 11.8. The molecule has 1 amide bonds. The number of nitrogens with two attached hydrogens (primary N) is 1. The summed E-state index contributed by atoms with van der Waals surface area (Å²) in [5.41, 5.74) is 8.88. The monoisotopic (exact) mass is 344 g/mol. The maximum atomic E-state index is 12.5. The number of carbonyl (C=O) groups excluding carboxylic acids is 1. The lowest BCUT2D eigenvalue weighted by atomic mass is 10.1. The van der Waals surface area contributed by atoms with Crippen molar-refractivity contribution >= 4 is 23.1 Å². The van der Waals surface area contributed by atoms with E-state index in [2.05, 4.69) is 22.5 Å². The van der Waals surface area contributed by atoms with E-state index in [-0.39, 0.29) is 12.1 Å². The van der Waals surface area contributed by atoms with Gasteiger partial charge in [-0.25, -0.2) is 9.78 Å². The second kappa shape index (κ2) is 6.58. The number of hydrogen-bond acceptors (Lipinski definition) is 4. The molecule has 1 saturated heterocycles. The molecule has 6 heteroatoms. The highest BCUT2D eigenvalue weighted by molar-refractivity contribution is 5.81. The lowest BCUT2D eigenvalue weighted by Crippen LogP contribution is -2.39. The maximum absolute atomic E-state index is 12.5. The molecule has 0 saturated carbocycles. The fraction of sp³-hybridized carbons (Fsp3) is 0.579. The van der Waals surface area contributed by atoms with Gasteiger partial charge in [-0.2, -0.15) is 0 Å². The number of hydrogen-bond donors (Lipinski definition) is 1. The summed E-state index contributed by atoms with van der Waals surface area (Å²) in [5, 5.41) is 0. The second-order valence-corrected chi connectivity index (χ2v) is 7.86. The number of anilines is 1. The molecule has 2 heterocycles. The lowest BCUT2D eigenvalue weighted by molar-refractivity contribution is 0.0238. The van der Waals surface area contributed by atoms with Crippen LogP contribution in [0.4, 0.5) is 10.7 Å². The standard InChI is InChI=1S/C19H28N4O2/c1-13-8-7-10-15-16(13)23(17(20)21-15)14-9-5-6-11-22(12-14)18(24)25-19(2,3)4/h7-8,10,14H,5-6,9,11-12H2,1-4H3,(H2,20,21). The van der Waals surface area contributed by atoms with Gasteiger partial charge >= 0.3 is 6.09 Å². The van der Waals surface area contributed by atoms with Crippen molar-refractivity contribution in [1.82, 2.24) is 14.5 Å². The zero-order valence-electron chi connectivity index (χ0n) is 15.6. The van der Waals surface area contributed by atoms with Crippen molar-refractivity contribution in [3.8, 4) is 0 Å². The van der Waals surface area contributed by atoms with Gasteiger partial charge in [-0.05, 0) is 58.6 Å². The summed E-state index contributed by atoms with van der Waals surface area (Å²) in [7, 11) is 0. The average Bonchev–Trinajstić information content (AvgIpc) is 2.68. The van der Waals surface area contributed by atoms with Gasteiger partial charge in [0.25, 0.3) is 0 Å². The van der Waals surface area contributed by atoms with Gasteiger partial charge in [0.2, 0.25) is 5.95 Å². The summed E-state index contributed by atoms with van der Waals surface area (Å²) in [6.45, 7) is 9.07. The molecule has 6 nitrogen and oxygen atoms in total. The molecule has 1 aliphatic heterocycles. The Balaban J connectivity index is 1.92. The Kier molecular flexibility index (Phi) is 4.62. The summed E-state index contributed by atoms with van der Waals surface area (Å²) in [4.78, 5) is 18.9. The normalized spacial score (nSPS) is 19.0. The van der Waals surface area contributed by atoms with Crippen LogP contribution in [-0.4, -0.2) is 39.2 Å². The number of carbonyl (C=O) groups is 1. The SMILES string of the molecule is Cc1cccc2nc(N)n(C3CCCCN(C(=O)OC(C)(C)C)C3)c12. The zero-order valence-corrected chi connectivity index (χ0v) is 15.6. The van der Waals surface area contributed by atoms with Crippen LogP contribution < -0.4 is 5.73 Å². The molecule has 0 spiro atoms. The van der Waals surface area contributed by atoms with Gasteiger partial charge in [0, 0.05) is 13.1 Å². The van der Waals surface area contributed by atoms with E-state index in [1.54, 1.807) is 0 Å². The molecule has 0 aliphatic carbocycles. The Morgan fingerprint density at radius 2 is 2.08 bits per heavy atom. The fourth-order valence-corrected chi connectivity index (χ4v) is 3.53. The van der Waals surface area contributed by atoms with Crippen LogP contribution in [-0.2, 0) is 4.74 Å². The van der Waals surface area contributed by atoms with E-state index in [0.29, 0.717) is 12.5 Å². The molecular weight excluding hydrogens is 316 g/mol. The van der Waals surface area contributed by atoms with Crippen LogP contribution in [0.3, 0.4) is 0 Å². The van der Waals surface area contributed by atoms with Crippen molar-refractivity contribution in [2.24, 2.45) is 0 Å². The number of amides is 1. The summed E-state index contributed by atoms with van der Waals surface area (Å²) in [5.74, 6) is 0.514. The average molecular weight is 344 g/mol. The van der Waals surface area contributed by atoms with Crippen LogP contribution in [0.15, 0.2) is 18.2 Å². The van der Waals surface area contributed by atoms with Gasteiger partial charge in [-0.15, -0.1) is 0 Å². The summed E-state index contributed by atoms with van der Waals surface area (Å²) in [6, 6.07) is 6.16. The van der Waals surface area contributed by atoms with Gasteiger partial charge < -0.3 is 19.9 Å². The molecule has 1 unspecified atom stereocenters. The fourth-order valence-electron chi connectivity index (χ4n) is 3.53. The molecule has 1 aliphatic rings. The molecule has 25 heavy (non-hydrogen) atoms. The van der Waals surface area contributed by atoms with E-state index >= 15 is 0 Å². The topological polar surface area (TPSA) is 73.4 Å². The minimum atomic E-state index is -0.490. The molecule has 1 fully saturated rings. The molecule has 2 aromatic rings. The summed E-state index contributed by atoms with van der Waals surface area (Å²) in [6.07, 6.45) is 2.75. The number of nitrogen functional groups attached to an aromatic ring is 1. The molecule has 3 rings (SSSR count). The van der Waals surface area contributed by atoms with Gasteiger partial charge in [-0.3, -0.25) is 0 Å². The highest BCUT2D eigenvalue weighted by atomic mass is 16.6. The van der Waals surface area contributed by atoms with E-state index in [9.17, 15) is 4.79 Å². The van der Waals surface area contributed by atoms with Crippen LogP contribution >= 0.6 is 0 Å². The number of para-hydroxylation sites is 1. The highest BCUT2D eigenvalue weighted by Gasteiger charge is 2.29. The van der Waals surface area contributed by atoms with Gasteiger partial charge in [0.1, 0.15) is 5.60 Å². The van der Waals surface area contributed by atoms with Crippen molar-refractivity contribution in [3.63, 3.8) is 0 Å². The number of imidazole rings is 1. The number of ether oxygens (including phenoxy) is 1. The lowest BCUT2D eigenvalue weighted by Gasteiger charge is -2.29. The number of rotatable bonds is 1. The minimum absolute atomic E-state index is 0.112. The Bertz CT molecular complexity index is 776. The third-order valence-corrected chi connectivity index (χ3v) is 4.60. The number of aromatic nitrogens is 2. The number of benzene rings is 1. The third kappa shape index (κ3) is 3.72. The number of likely N-dealkylation sites (tertiary alicyclic amines) is 1. The molecule has 1 aromatic heterocycles. The highest BCUT2D eigenvalue weighted by Crippen LogP contribution is 2.30. The molecule has 0 radical (unpaired) electrons. The predicted molar refractivity (Wildman–Crippen MR) is 99.6 cm³/mol. The minimum Gasteiger partial charge on any atom is -0.444 e. The van der Waals surface area contributed by atoms with E-state index < -0.39 is 5.60 Å². The van der Waals surface area contributed by atoms with Crippen molar-refractivity contribution in [1.29, 1.82) is 0 Å². The Morgan fingerprint density at radius 1 is 1.32 bits per heavy atom. The van der Waals surface area contributed by atoms with Crippen LogP contribution in [0.25, 0.3) is 11.0 Å². The van der Waals surface area contributed by atoms with E-state index in [1.807, 2.05) is 37.8 Å². The van der Waals surface area contributed by atoms with Crippen molar-refractivity contribution in [2.45, 2.75) is 58.6 Å². The van der Waals surface area contributed by atoms with E-state index in [1.165, 1.54) is 0 Å². The van der Waals surface area contributed by atoms with Crippen LogP contribution in [0.2, 0.25) is 0 Å². The zero-order chi connectivity index (χ0) is 18.2. The first-order valence-corrected chi connectivity index (χ1v) is 8.97. The Morgan fingerprint density at radius 3 is 2.80 bits per heavy atom. The summed E-state index contributed by atoms with van der Waals surface area (Å²) >= 11 is 0. The first kappa shape index (κ1) is 17.6. The second-order valence-electron chi connectivity index (χ2n) is 7.86. The van der Waals surface area contributed by atoms with E-state index in [4.69, 9.17) is 10.5 Å². The third-order valence-electron chi connectivity index (χ3n) is 4.60. The molecule has 136 valence electrons. The van der Waals surface area contributed by atoms with Crippen molar-refractivity contribution in [3.05, 3.63) is 23.8 Å². The Hall–Kier alpha value is -2.24. The first-order valence-electron chi connectivity index (χ1n) is 8.97. The summed E-state index contributed by atoms with van der Waals surface area (Å²) < 4.78 is 7.68. The van der Waals surface area contributed by atoms with Gasteiger partial charge in [0.05, 0.1) is 17.1 Å². The van der Waals surface area contributed by atoms with E-state index in [0.717, 1.165) is 42.4 Å². The number of nitrogens with zero attached hydrogens (tertiary/aromatic N) is 3. The molecule has 2 N–H and O–H groups in total. The van der Waals surface area contributed by atoms with Gasteiger partial charge in [0.15, 0.2) is 0 Å². The smallest absolute Gasteiger partial charge is 0.410 e. The largest absolute Gasteiger partial charge is 0.444 e. The molecular formula is C19H28N4O2. The van der Waals surface area contributed by atoms with Crippen LogP contribution in [0, 0.1) is 6.92 Å². The molecule has 0 bridgehead atoms. The number of aryl methyl sites for hydroxylation is 1. The van der Waals surface area contributed by atoms with Gasteiger partial charge in [-0.1, -0.05) is 12.1 Å².